The van der Waals surface area contributed by atoms with Gasteiger partial charge in [-0.3, -0.25) is 9.20 Å². The number of fused-ring (bicyclic) bond motifs is 1. The Morgan fingerprint density at radius 2 is 2.04 bits per heavy atom. The summed E-state index contributed by atoms with van der Waals surface area (Å²) < 4.78 is 7.11. The van der Waals surface area contributed by atoms with Crippen LogP contribution in [0.1, 0.15) is 24.1 Å². The number of nitrogens with one attached hydrogen (secondary N) is 1. The second kappa shape index (κ2) is 7.83. The van der Waals surface area contributed by atoms with Crippen LogP contribution in [0.2, 0.25) is 0 Å². The van der Waals surface area contributed by atoms with Crippen LogP contribution in [0.15, 0.2) is 59.3 Å². The van der Waals surface area contributed by atoms with E-state index < -0.39 is 0 Å². The molecule has 0 aliphatic carbocycles. The average molecular weight is 374 g/mol. The highest BCUT2D eigenvalue weighted by Gasteiger charge is 2.15. The number of amides is 1. The molecule has 1 N–H and O–H groups in total. The molecule has 0 saturated carbocycles. The third-order valence-electron chi connectivity index (χ3n) is 4.17. The Kier molecular flexibility index (Phi) is 4.92. The van der Waals surface area contributed by atoms with Gasteiger partial charge in [0, 0.05) is 18.7 Å². The molecule has 28 heavy (non-hydrogen) atoms. The number of pyridine rings is 1. The summed E-state index contributed by atoms with van der Waals surface area (Å²) in [5.74, 6) is 1.43. The molecular weight excluding hydrogens is 356 g/mol. The van der Waals surface area contributed by atoms with Gasteiger partial charge in [-0.1, -0.05) is 42.4 Å². The molecule has 0 spiro atoms. The van der Waals surface area contributed by atoms with E-state index in [-0.39, 0.29) is 12.5 Å². The lowest BCUT2D eigenvalue weighted by Crippen LogP contribution is -2.21. The zero-order valence-corrected chi connectivity index (χ0v) is 15.2. The van der Waals surface area contributed by atoms with Crippen molar-refractivity contribution < 1.29 is 9.32 Å². The molecule has 0 aliphatic rings. The Hall–Kier alpha value is -3.81. The van der Waals surface area contributed by atoms with Crippen LogP contribution in [0, 0.1) is 0 Å². The van der Waals surface area contributed by atoms with Gasteiger partial charge in [0.25, 0.3) is 5.89 Å². The number of benzene rings is 1. The van der Waals surface area contributed by atoms with Crippen LogP contribution in [-0.4, -0.2) is 30.6 Å². The first kappa shape index (κ1) is 17.6. The van der Waals surface area contributed by atoms with Gasteiger partial charge in [0.1, 0.15) is 0 Å². The number of nitrogens with zero attached hydrogens (tertiary/aromatic N) is 5. The smallest absolute Gasteiger partial charge is 0.261 e. The van der Waals surface area contributed by atoms with Gasteiger partial charge in [-0.05, 0) is 23.8 Å². The highest BCUT2D eigenvalue weighted by Crippen LogP contribution is 2.22. The quantitative estimate of drug-likeness (QED) is 0.521. The van der Waals surface area contributed by atoms with Crippen LogP contribution in [0.4, 0.5) is 0 Å². The van der Waals surface area contributed by atoms with Crippen molar-refractivity contribution in [3.63, 3.8) is 0 Å². The number of aromatic nitrogens is 5. The normalized spacial score (nSPS) is 11.3. The maximum Gasteiger partial charge on any atom is 0.261 e. The van der Waals surface area contributed by atoms with E-state index in [1.807, 2.05) is 55.6 Å². The van der Waals surface area contributed by atoms with Gasteiger partial charge in [-0.15, -0.1) is 10.2 Å². The standard InChI is InChI=1S/C20H18N6O2/c1-2-16-22-20(28-25-16)15-9-6-12-26-17(23-24-19(15)26)13-21-18(27)11-10-14-7-4-3-5-8-14/h3-12H,2,13H2,1H3,(H,21,27)/b11-10+. The fraction of sp³-hybridized carbons (Fsp3) is 0.150. The van der Waals surface area contributed by atoms with Gasteiger partial charge in [-0.25, -0.2) is 0 Å². The Labute approximate surface area is 160 Å². The molecule has 8 nitrogen and oxygen atoms in total. The molecule has 0 fully saturated rings. The zero-order valence-electron chi connectivity index (χ0n) is 15.2. The summed E-state index contributed by atoms with van der Waals surface area (Å²) in [6.45, 7) is 2.20. The monoisotopic (exact) mass is 374 g/mol. The Morgan fingerprint density at radius 3 is 2.82 bits per heavy atom. The lowest BCUT2D eigenvalue weighted by atomic mass is 10.2. The topological polar surface area (TPSA) is 98.2 Å². The van der Waals surface area contributed by atoms with Crippen LogP contribution in [0.5, 0.6) is 0 Å². The van der Waals surface area contributed by atoms with Crippen LogP contribution in [0.25, 0.3) is 23.2 Å². The Morgan fingerprint density at radius 1 is 1.18 bits per heavy atom. The number of hydrogen-bond donors (Lipinski definition) is 1. The summed E-state index contributed by atoms with van der Waals surface area (Å²) in [6.07, 6.45) is 5.77. The molecule has 0 bridgehead atoms. The minimum Gasteiger partial charge on any atom is -0.345 e. The van der Waals surface area contributed by atoms with Crippen molar-refractivity contribution in [2.75, 3.05) is 0 Å². The molecule has 1 aromatic carbocycles. The van der Waals surface area contributed by atoms with Crippen LogP contribution < -0.4 is 5.32 Å². The molecule has 0 atom stereocenters. The van der Waals surface area contributed by atoms with Crippen LogP contribution >= 0.6 is 0 Å². The van der Waals surface area contributed by atoms with Crippen molar-refractivity contribution in [1.82, 2.24) is 30.1 Å². The summed E-state index contributed by atoms with van der Waals surface area (Å²) in [4.78, 5) is 16.4. The lowest BCUT2D eigenvalue weighted by Gasteiger charge is -2.02. The molecule has 3 heterocycles. The van der Waals surface area contributed by atoms with Crippen molar-refractivity contribution >= 4 is 17.6 Å². The van der Waals surface area contributed by atoms with Gasteiger partial charge in [0.15, 0.2) is 17.3 Å². The fourth-order valence-corrected chi connectivity index (χ4v) is 2.72. The van der Waals surface area contributed by atoms with Crippen molar-refractivity contribution in [2.24, 2.45) is 0 Å². The maximum atomic E-state index is 12.1. The summed E-state index contributed by atoms with van der Waals surface area (Å²) in [5.41, 5.74) is 2.25. The van der Waals surface area contributed by atoms with Gasteiger partial charge in [0.05, 0.1) is 12.1 Å². The van der Waals surface area contributed by atoms with E-state index in [1.54, 1.807) is 10.5 Å². The summed E-state index contributed by atoms with van der Waals surface area (Å²) in [6, 6.07) is 13.3. The minimum absolute atomic E-state index is 0.207. The molecule has 1 amide bonds. The van der Waals surface area contributed by atoms with E-state index in [4.69, 9.17) is 4.52 Å². The van der Waals surface area contributed by atoms with Gasteiger partial charge in [-0.2, -0.15) is 4.98 Å². The van der Waals surface area contributed by atoms with Crippen molar-refractivity contribution in [2.45, 2.75) is 19.9 Å². The molecule has 0 unspecified atom stereocenters. The molecule has 3 aromatic heterocycles. The predicted molar refractivity (Wildman–Crippen MR) is 103 cm³/mol. The van der Waals surface area contributed by atoms with E-state index in [0.29, 0.717) is 35.2 Å². The summed E-state index contributed by atoms with van der Waals surface area (Å²) in [5, 5.41) is 15.1. The first-order valence-corrected chi connectivity index (χ1v) is 8.91. The molecule has 140 valence electrons. The summed E-state index contributed by atoms with van der Waals surface area (Å²) in [7, 11) is 0. The van der Waals surface area contributed by atoms with E-state index in [2.05, 4.69) is 25.7 Å². The number of carbonyl (C=O) groups excluding carboxylic acids is 1. The molecule has 0 saturated heterocycles. The molecule has 8 heteroatoms. The number of hydrogen-bond acceptors (Lipinski definition) is 6. The second-order valence-corrected chi connectivity index (χ2v) is 6.06. The van der Waals surface area contributed by atoms with Crippen LogP contribution in [-0.2, 0) is 17.8 Å². The van der Waals surface area contributed by atoms with Crippen molar-refractivity contribution in [1.29, 1.82) is 0 Å². The number of rotatable bonds is 6. The van der Waals surface area contributed by atoms with Crippen LogP contribution in [0.3, 0.4) is 0 Å². The Balaban J connectivity index is 1.50. The second-order valence-electron chi connectivity index (χ2n) is 6.06. The Bertz CT molecular complexity index is 1130. The molecule has 4 aromatic rings. The maximum absolute atomic E-state index is 12.1. The third kappa shape index (κ3) is 3.66. The van der Waals surface area contributed by atoms with Crippen molar-refractivity contribution in [3.05, 3.63) is 71.9 Å². The van der Waals surface area contributed by atoms with E-state index >= 15 is 0 Å². The highest BCUT2D eigenvalue weighted by atomic mass is 16.5. The molecule has 4 rings (SSSR count). The van der Waals surface area contributed by atoms with Gasteiger partial charge >= 0.3 is 0 Å². The van der Waals surface area contributed by atoms with E-state index in [9.17, 15) is 4.79 Å². The van der Waals surface area contributed by atoms with E-state index in [1.165, 1.54) is 6.08 Å². The van der Waals surface area contributed by atoms with Gasteiger partial charge in [0.2, 0.25) is 5.91 Å². The van der Waals surface area contributed by atoms with E-state index in [0.717, 1.165) is 5.56 Å². The first-order valence-electron chi connectivity index (χ1n) is 8.91. The number of carbonyl (C=O) groups is 1. The lowest BCUT2D eigenvalue weighted by molar-refractivity contribution is -0.116. The predicted octanol–water partition coefficient (Wildman–Crippen LogP) is 2.67. The SMILES string of the molecule is CCc1noc(-c2cccn3c(CNC(=O)/C=C/c4ccccc4)nnc23)n1. The van der Waals surface area contributed by atoms with Gasteiger partial charge < -0.3 is 9.84 Å². The average Bonchev–Trinajstić information content (AvgIpc) is 3.38. The minimum atomic E-state index is -0.207. The van der Waals surface area contributed by atoms with Crippen molar-refractivity contribution in [3.8, 4) is 11.5 Å². The number of aryl methyl sites for hydroxylation is 1. The fourth-order valence-electron chi connectivity index (χ4n) is 2.72. The first-order chi connectivity index (χ1) is 13.7. The molecule has 0 radical (unpaired) electrons. The molecule has 0 aliphatic heterocycles. The summed E-state index contributed by atoms with van der Waals surface area (Å²) >= 11 is 0. The largest absolute Gasteiger partial charge is 0.345 e. The third-order valence-corrected chi connectivity index (χ3v) is 4.17. The molecular formula is C20H18N6O2. The zero-order chi connectivity index (χ0) is 19.3. The highest BCUT2D eigenvalue weighted by molar-refractivity contribution is 5.91.